The standard InChI is InChI=1S/C27H32FN3O3/c1-2-18-9-11-20(12-10-18)27(34)31-17-5-8-24(31)26(33)30-23-7-4-3-6-22(23)29-25(32)19-13-15-21(28)16-14-19/h9-16,22-24H,2-8,17H2,1H3,(H,29,32)(H,30,33)/t22-,23?,24-/m1/s1. The summed E-state index contributed by atoms with van der Waals surface area (Å²) in [6, 6.07) is 12.1. The lowest BCUT2D eigenvalue weighted by atomic mass is 9.89. The molecule has 2 N–H and O–H groups in total. The van der Waals surface area contributed by atoms with Crippen molar-refractivity contribution in [2.75, 3.05) is 6.54 Å². The summed E-state index contributed by atoms with van der Waals surface area (Å²) < 4.78 is 13.2. The Kier molecular flexibility index (Phi) is 7.60. The Hall–Kier alpha value is -3.22. The zero-order valence-corrected chi connectivity index (χ0v) is 19.6. The second-order valence-electron chi connectivity index (χ2n) is 9.19. The van der Waals surface area contributed by atoms with Crippen LogP contribution < -0.4 is 10.6 Å². The van der Waals surface area contributed by atoms with Crippen molar-refractivity contribution < 1.29 is 18.8 Å². The average Bonchev–Trinajstić information content (AvgIpc) is 3.35. The van der Waals surface area contributed by atoms with Crippen LogP contribution in [0, 0.1) is 5.82 Å². The van der Waals surface area contributed by atoms with Gasteiger partial charge in [0.2, 0.25) is 5.91 Å². The molecule has 7 heteroatoms. The van der Waals surface area contributed by atoms with E-state index in [1.54, 1.807) is 4.90 Å². The molecule has 2 aromatic rings. The van der Waals surface area contributed by atoms with E-state index in [0.29, 0.717) is 24.1 Å². The SMILES string of the molecule is CCc1ccc(C(=O)N2CCC[C@@H]2C(=O)NC2CCCC[C@H]2NC(=O)c2ccc(F)cc2)cc1. The van der Waals surface area contributed by atoms with E-state index in [1.165, 1.54) is 29.8 Å². The van der Waals surface area contributed by atoms with Crippen molar-refractivity contribution in [1.82, 2.24) is 15.5 Å². The van der Waals surface area contributed by atoms with E-state index in [2.05, 4.69) is 17.6 Å². The molecule has 1 heterocycles. The van der Waals surface area contributed by atoms with Crippen molar-refractivity contribution in [3.8, 4) is 0 Å². The number of nitrogens with one attached hydrogen (secondary N) is 2. The molecule has 4 rings (SSSR count). The summed E-state index contributed by atoms with van der Waals surface area (Å²) in [7, 11) is 0. The highest BCUT2D eigenvalue weighted by atomic mass is 19.1. The summed E-state index contributed by atoms with van der Waals surface area (Å²) in [4.78, 5) is 40.7. The van der Waals surface area contributed by atoms with Crippen LogP contribution in [0.4, 0.5) is 4.39 Å². The number of hydrogen-bond acceptors (Lipinski definition) is 3. The van der Waals surface area contributed by atoms with Gasteiger partial charge in [0.05, 0.1) is 0 Å². The molecule has 1 aliphatic carbocycles. The molecule has 0 bridgehead atoms. The monoisotopic (exact) mass is 465 g/mol. The van der Waals surface area contributed by atoms with Gasteiger partial charge >= 0.3 is 0 Å². The van der Waals surface area contributed by atoms with Gasteiger partial charge in [-0.2, -0.15) is 0 Å². The quantitative estimate of drug-likeness (QED) is 0.680. The molecule has 1 saturated carbocycles. The van der Waals surface area contributed by atoms with Crippen LogP contribution in [0.25, 0.3) is 0 Å². The van der Waals surface area contributed by atoms with Gasteiger partial charge in [0.25, 0.3) is 11.8 Å². The second kappa shape index (κ2) is 10.8. The van der Waals surface area contributed by atoms with E-state index in [9.17, 15) is 18.8 Å². The number of carbonyl (C=O) groups excluding carboxylic acids is 3. The summed E-state index contributed by atoms with van der Waals surface area (Å²) in [6.07, 6.45) is 5.77. The molecule has 1 aliphatic heterocycles. The first-order valence-electron chi connectivity index (χ1n) is 12.2. The lowest BCUT2D eigenvalue weighted by Crippen LogP contribution is -2.56. The molecule has 1 unspecified atom stereocenters. The van der Waals surface area contributed by atoms with Gasteiger partial charge in [0.15, 0.2) is 0 Å². The maximum Gasteiger partial charge on any atom is 0.254 e. The molecular weight excluding hydrogens is 433 g/mol. The van der Waals surface area contributed by atoms with Gasteiger partial charge in [-0.15, -0.1) is 0 Å². The normalized spacial score (nSPS) is 22.3. The van der Waals surface area contributed by atoms with Crippen LogP contribution in [0.5, 0.6) is 0 Å². The summed E-state index contributed by atoms with van der Waals surface area (Å²) in [5.41, 5.74) is 2.15. The number of likely N-dealkylation sites (tertiary alicyclic amines) is 1. The Bertz CT molecular complexity index is 1020. The molecule has 0 aromatic heterocycles. The fourth-order valence-corrected chi connectivity index (χ4v) is 4.94. The van der Waals surface area contributed by atoms with E-state index in [0.717, 1.165) is 38.5 Å². The van der Waals surface area contributed by atoms with Gasteiger partial charge in [0, 0.05) is 29.8 Å². The van der Waals surface area contributed by atoms with Gasteiger partial charge in [0.1, 0.15) is 11.9 Å². The first-order chi connectivity index (χ1) is 16.5. The molecule has 3 atom stereocenters. The third-order valence-corrected chi connectivity index (χ3v) is 6.94. The fraction of sp³-hybridized carbons (Fsp3) is 0.444. The molecule has 2 fully saturated rings. The minimum atomic E-state index is -0.506. The van der Waals surface area contributed by atoms with Crippen molar-refractivity contribution in [3.05, 3.63) is 71.0 Å². The van der Waals surface area contributed by atoms with Gasteiger partial charge in [-0.1, -0.05) is 31.9 Å². The van der Waals surface area contributed by atoms with Gasteiger partial charge in [-0.25, -0.2) is 4.39 Å². The number of rotatable bonds is 6. The largest absolute Gasteiger partial charge is 0.350 e. The predicted molar refractivity (Wildman–Crippen MR) is 128 cm³/mol. The summed E-state index contributed by atoms with van der Waals surface area (Å²) in [6.45, 7) is 2.63. The highest BCUT2D eigenvalue weighted by molar-refractivity contribution is 5.98. The van der Waals surface area contributed by atoms with Gasteiger partial charge in [-0.3, -0.25) is 14.4 Å². The Morgan fingerprint density at radius 2 is 1.47 bits per heavy atom. The van der Waals surface area contributed by atoms with Crippen molar-refractivity contribution in [2.45, 2.75) is 70.0 Å². The molecule has 3 amide bonds. The van der Waals surface area contributed by atoms with Crippen LogP contribution in [0.3, 0.4) is 0 Å². The number of hydrogen-bond donors (Lipinski definition) is 2. The minimum Gasteiger partial charge on any atom is -0.350 e. The number of aryl methyl sites for hydroxylation is 1. The first kappa shape index (κ1) is 23.9. The molecule has 2 aliphatic rings. The Balaban J connectivity index is 1.40. The smallest absolute Gasteiger partial charge is 0.254 e. The van der Waals surface area contributed by atoms with Crippen LogP contribution in [-0.2, 0) is 11.2 Å². The maximum absolute atomic E-state index is 13.2. The van der Waals surface area contributed by atoms with Gasteiger partial charge in [-0.05, 0) is 74.1 Å². The second-order valence-corrected chi connectivity index (χ2v) is 9.19. The maximum atomic E-state index is 13.2. The van der Waals surface area contributed by atoms with E-state index < -0.39 is 11.9 Å². The van der Waals surface area contributed by atoms with Crippen LogP contribution in [0.15, 0.2) is 48.5 Å². The molecule has 34 heavy (non-hydrogen) atoms. The summed E-state index contributed by atoms with van der Waals surface area (Å²) >= 11 is 0. The van der Waals surface area contributed by atoms with Crippen molar-refractivity contribution in [2.24, 2.45) is 0 Å². The molecule has 180 valence electrons. The highest BCUT2D eigenvalue weighted by Crippen LogP contribution is 2.23. The number of benzene rings is 2. The molecule has 1 saturated heterocycles. The van der Waals surface area contributed by atoms with Crippen LogP contribution in [-0.4, -0.2) is 47.3 Å². The minimum absolute atomic E-state index is 0.120. The molecule has 0 radical (unpaired) electrons. The third kappa shape index (κ3) is 5.46. The number of halogens is 1. The highest BCUT2D eigenvalue weighted by Gasteiger charge is 2.37. The molecule has 2 aromatic carbocycles. The van der Waals surface area contributed by atoms with Gasteiger partial charge < -0.3 is 15.5 Å². The Morgan fingerprint density at radius 3 is 2.12 bits per heavy atom. The van der Waals surface area contributed by atoms with Crippen molar-refractivity contribution >= 4 is 17.7 Å². The van der Waals surface area contributed by atoms with E-state index in [1.807, 2.05) is 24.3 Å². The average molecular weight is 466 g/mol. The Labute approximate surface area is 199 Å². The molecular formula is C27H32FN3O3. The van der Waals surface area contributed by atoms with Crippen LogP contribution in [0.1, 0.15) is 71.7 Å². The fourth-order valence-electron chi connectivity index (χ4n) is 4.94. The van der Waals surface area contributed by atoms with Crippen molar-refractivity contribution in [1.29, 1.82) is 0 Å². The van der Waals surface area contributed by atoms with E-state index >= 15 is 0 Å². The lowest BCUT2D eigenvalue weighted by molar-refractivity contribution is -0.126. The third-order valence-electron chi connectivity index (χ3n) is 6.94. The zero-order chi connectivity index (χ0) is 24.1. The topological polar surface area (TPSA) is 78.5 Å². The summed E-state index contributed by atoms with van der Waals surface area (Å²) in [5.74, 6) is -0.954. The number of amides is 3. The zero-order valence-electron chi connectivity index (χ0n) is 19.6. The van der Waals surface area contributed by atoms with E-state index in [4.69, 9.17) is 0 Å². The van der Waals surface area contributed by atoms with Crippen LogP contribution >= 0.6 is 0 Å². The predicted octanol–water partition coefficient (Wildman–Crippen LogP) is 3.85. The van der Waals surface area contributed by atoms with E-state index in [-0.39, 0.29) is 29.8 Å². The molecule has 0 spiro atoms. The Morgan fingerprint density at radius 1 is 0.853 bits per heavy atom. The van der Waals surface area contributed by atoms with Crippen molar-refractivity contribution in [3.63, 3.8) is 0 Å². The summed E-state index contributed by atoms with van der Waals surface area (Å²) in [5, 5.41) is 6.14. The first-order valence-corrected chi connectivity index (χ1v) is 12.2. The lowest BCUT2D eigenvalue weighted by Gasteiger charge is -2.34. The number of nitrogens with zero attached hydrogens (tertiary/aromatic N) is 1. The van der Waals surface area contributed by atoms with Crippen LogP contribution in [0.2, 0.25) is 0 Å². The number of carbonyl (C=O) groups is 3. The molecule has 6 nitrogen and oxygen atoms in total.